The number of carboxylic acid groups (broad SMARTS) is 2. The van der Waals surface area contributed by atoms with E-state index in [-0.39, 0.29) is 11.1 Å². The molecule has 5 heteroatoms. The van der Waals surface area contributed by atoms with Crippen LogP contribution in [0, 0.1) is 0 Å². The summed E-state index contributed by atoms with van der Waals surface area (Å²) in [5, 5.41) is 18.0. The molecule has 0 spiro atoms. The molecule has 0 aliphatic carbocycles. The van der Waals surface area contributed by atoms with Gasteiger partial charge in [0.1, 0.15) is 12.4 Å². The Labute approximate surface area is 114 Å². The lowest BCUT2D eigenvalue weighted by Gasteiger charge is -2.21. The fourth-order valence-electron chi connectivity index (χ4n) is 2.24. The first-order valence-electron chi connectivity index (χ1n) is 5.93. The molecule has 2 aromatic rings. The van der Waals surface area contributed by atoms with Gasteiger partial charge in [0, 0.05) is 5.56 Å². The normalized spacial score (nSPS) is 12.0. The van der Waals surface area contributed by atoms with Crippen LogP contribution in [0.4, 0.5) is 0 Å². The van der Waals surface area contributed by atoms with Crippen LogP contribution in [0.25, 0.3) is 11.1 Å². The van der Waals surface area contributed by atoms with Crippen LogP contribution in [0.3, 0.4) is 0 Å². The van der Waals surface area contributed by atoms with E-state index in [1.807, 2.05) is 0 Å². The Bertz CT molecular complexity index is 733. The molecular formula is C15H10O5. The summed E-state index contributed by atoms with van der Waals surface area (Å²) in [4.78, 5) is 22.0. The van der Waals surface area contributed by atoms with Gasteiger partial charge in [-0.15, -0.1) is 0 Å². The standard InChI is InChI=1S/C15H10O5/c16-14(17)8-1-2-10-7-20-13-6-9(15(18)19)3-4-11(13)12(10)5-8/h1-6H,7H2,(H,16,17)(H,18,19). The average Bonchev–Trinajstić information content (AvgIpc) is 2.45. The first-order chi connectivity index (χ1) is 9.56. The molecule has 0 amide bonds. The Kier molecular flexibility index (Phi) is 2.68. The van der Waals surface area contributed by atoms with Crippen molar-refractivity contribution in [1.29, 1.82) is 0 Å². The van der Waals surface area contributed by atoms with Crippen LogP contribution in [0.1, 0.15) is 26.3 Å². The molecule has 1 heterocycles. The highest BCUT2D eigenvalue weighted by atomic mass is 16.5. The molecule has 0 bridgehead atoms. The summed E-state index contributed by atoms with van der Waals surface area (Å²) >= 11 is 0. The molecule has 3 rings (SSSR count). The molecule has 0 saturated heterocycles. The molecule has 1 aliphatic rings. The number of carboxylic acids is 2. The van der Waals surface area contributed by atoms with E-state index in [0.29, 0.717) is 17.9 Å². The van der Waals surface area contributed by atoms with E-state index in [1.54, 1.807) is 18.2 Å². The zero-order chi connectivity index (χ0) is 14.3. The molecule has 0 radical (unpaired) electrons. The second kappa shape index (κ2) is 4.38. The molecule has 1 aliphatic heterocycles. The zero-order valence-corrected chi connectivity index (χ0v) is 10.3. The van der Waals surface area contributed by atoms with Gasteiger partial charge in [0.05, 0.1) is 11.1 Å². The van der Waals surface area contributed by atoms with Crippen LogP contribution >= 0.6 is 0 Å². The summed E-state index contributed by atoms with van der Waals surface area (Å²) in [5.41, 5.74) is 2.69. The van der Waals surface area contributed by atoms with Gasteiger partial charge in [-0.2, -0.15) is 0 Å². The van der Waals surface area contributed by atoms with Gasteiger partial charge in [0.25, 0.3) is 0 Å². The molecule has 0 atom stereocenters. The maximum Gasteiger partial charge on any atom is 0.335 e. The molecule has 100 valence electrons. The Morgan fingerprint density at radius 2 is 1.55 bits per heavy atom. The summed E-state index contributed by atoms with van der Waals surface area (Å²) in [7, 11) is 0. The predicted octanol–water partition coefficient (Wildman–Crippen LogP) is 2.64. The number of rotatable bonds is 2. The maximum absolute atomic E-state index is 11.0. The number of ether oxygens (including phenoxy) is 1. The van der Waals surface area contributed by atoms with Gasteiger partial charge in [-0.1, -0.05) is 6.07 Å². The summed E-state index contributed by atoms with van der Waals surface area (Å²) in [5.74, 6) is -1.57. The van der Waals surface area contributed by atoms with Crippen molar-refractivity contribution >= 4 is 11.9 Å². The zero-order valence-electron chi connectivity index (χ0n) is 10.3. The lowest BCUT2D eigenvalue weighted by Crippen LogP contribution is -2.08. The smallest absolute Gasteiger partial charge is 0.335 e. The van der Waals surface area contributed by atoms with Gasteiger partial charge >= 0.3 is 11.9 Å². The van der Waals surface area contributed by atoms with E-state index < -0.39 is 11.9 Å². The van der Waals surface area contributed by atoms with Gasteiger partial charge in [-0.3, -0.25) is 0 Å². The van der Waals surface area contributed by atoms with E-state index >= 15 is 0 Å². The molecule has 0 unspecified atom stereocenters. The number of fused-ring (bicyclic) bond motifs is 3. The first-order valence-corrected chi connectivity index (χ1v) is 5.93. The molecule has 2 aromatic carbocycles. The first kappa shape index (κ1) is 12.2. The average molecular weight is 270 g/mol. The number of aromatic carboxylic acids is 2. The third-order valence-corrected chi connectivity index (χ3v) is 3.26. The maximum atomic E-state index is 11.0. The number of benzene rings is 2. The quantitative estimate of drug-likeness (QED) is 0.876. The minimum Gasteiger partial charge on any atom is -0.488 e. The van der Waals surface area contributed by atoms with E-state index in [9.17, 15) is 9.59 Å². The van der Waals surface area contributed by atoms with Crippen LogP contribution in [0.2, 0.25) is 0 Å². The Morgan fingerprint density at radius 3 is 2.25 bits per heavy atom. The van der Waals surface area contributed by atoms with Crippen molar-refractivity contribution in [2.24, 2.45) is 0 Å². The Balaban J connectivity index is 2.16. The molecule has 0 fully saturated rings. The third-order valence-electron chi connectivity index (χ3n) is 3.26. The molecule has 0 aromatic heterocycles. The van der Waals surface area contributed by atoms with E-state index in [2.05, 4.69) is 0 Å². The summed E-state index contributed by atoms with van der Waals surface area (Å²) < 4.78 is 5.53. The largest absolute Gasteiger partial charge is 0.488 e. The van der Waals surface area contributed by atoms with Gasteiger partial charge < -0.3 is 14.9 Å². The summed E-state index contributed by atoms with van der Waals surface area (Å²) in [6.45, 7) is 0.297. The highest BCUT2D eigenvalue weighted by Gasteiger charge is 2.20. The van der Waals surface area contributed by atoms with Crippen LogP contribution < -0.4 is 4.74 Å². The van der Waals surface area contributed by atoms with Crippen LogP contribution in [-0.2, 0) is 6.61 Å². The van der Waals surface area contributed by atoms with E-state index in [1.165, 1.54) is 18.2 Å². The predicted molar refractivity (Wildman–Crippen MR) is 70.1 cm³/mol. The topological polar surface area (TPSA) is 83.8 Å². The van der Waals surface area contributed by atoms with Crippen molar-refractivity contribution in [3.05, 3.63) is 53.1 Å². The Morgan fingerprint density at radius 1 is 0.900 bits per heavy atom. The van der Waals surface area contributed by atoms with Gasteiger partial charge in [0.2, 0.25) is 0 Å². The van der Waals surface area contributed by atoms with Gasteiger partial charge in [-0.05, 0) is 41.5 Å². The monoisotopic (exact) mass is 270 g/mol. The van der Waals surface area contributed by atoms with Crippen molar-refractivity contribution < 1.29 is 24.5 Å². The minimum absolute atomic E-state index is 0.140. The SMILES string of the molecule is O=C(O)c1ccc2c(c1)OCc1ccc(C(=O)O)cc1-2. The summed E-state index contributed by atoms with van der Waals surface area (Å²) in [6.07, 6.45) is 0. The third kappa shape index (κ3) is 1.89. The fourth-order valence-corrected chi connectivity index (χ4v) is 2.24. The number of hydrogen-bond acceptors (Lipinski definition) is 3. The van der Waals surface area contributed by atoms with Crippen molar-refractivity contribution in [3.63, 3.8) is 0 Å². The van der Waals surface area contributed by atoms with Crippen molar-refractivity contribution in [2.75, 3.05) is 0 Å². The lowest BCUT2D eigenvalue weighted by atomic mass is 9.94. The second-order valence-electron chi connectivity index (χ2n) is 4.48. The van der Waals surface area contributed by atoms with E-state index in [0.717, 1.165) is 11.1 Å². The highest BCUT2D eigenvalue weighted by Crippen LogP contribution is 2.38. The van der Waals surface area contributed by atoms with E-state index in [4.69, 9.17) is 14.9 Å². The van der Waals surface area contributed by atoms with Crippen LogP contribution in [0.5, 0.6) is 5.75 Å². The van der Waals surface area contributed by atoms with Gasteiger partial charge in [0.15, 0.2) is 0 Å². The fraction of sp³-hybridized carbons (Fsp3) is 0.0667. The molecular weight excluding hydrogens is 260 g/mol. The molecule has 5 nitrogen and oxygen atoms in total. The minimum atomic E-state index is -1.03. The number of hydrogen-bond donors (Lipinski definition) is 2. The summed E-state index contributed by atoms with van der Waals surface area (Å²) in [6, 6.07) is 9.40. The Hall–Kier alpha value is -2.82. The van der Waals surface area contributed by atoms with Crippen LogP contribution in [0.15, 0.2) is 36.4 Å². The van der Waals surface area contributed by atoms with Crippen LogP contribution in [-0.4, -0.2) is 22.2 Å². The van der Waals surface area contributed by atoms with Gasteiger partial charge in [-0.25, -0.2) is 9.59 Å². The highest BCUT2D eigenvalue weighted by molar-refractivity contribution is 5.92. The van der Waals surface area contributed by atoms with Crippen molar-refractivity contribution in [3.8, 4) is 16.9 Å². The van der Waals surface area contributed by atoms with Crippen molar-refractivity contribution in [2.45, 2.75) is 6.61 Å². The van der Waals surface area contributed by atoms with Crippen molar-refractivity contribution in [1.82, 2.24) is 0 Å². The second-order valence-corrected chi connectivity index (χ2v) is 4.48. The molecule has 2 N–H and O–H groups in total. The molecule has 20 heavy (non-hydrogen) atoms. The molecule has 0 saturated carbocycles. The number of carbonyl (C=O) groups is 2. The lowest BCUT2D eigenvalue weighted by molar-refractivity contribution is 0.0686.